The third-order valence-electron chi connectivity index (χ3n) is 2.55. The van der Waals surface area contributed by atoms with Gasteiger partial charge in [-0.05, 0) is 31.5 Å². The van der Waals surface area contributed by atoms with Gasteiger partial charge in [0, 0.05) is 59.1 Å². The molecule has 12 heteroatoms. The van der Waals surface area contributed by atoms with Crippen molar-refractivity contribution < 1.29 is 33.4 Å². The van der Waals surface area contributed by atoms with Gasteiger partial charge in [-0.25, -0.2) is 0 Å². The molecule has 23 heavy (non-hydrogen) atoms. The Morgan fingerprint density at radius 1 is 0.957 bits per heavy atom. The molecular weight excluding hydrogens is 366 g/mol. The van der Waals surface area contributed by atoms with Crippen molar-refractivity contribution in [1.82, 2.24) is 5.32 Å². The maximum absolute atomic E-state index is 11.0. The number of benzene rings is 1. The first-order chi connectivity index (χ1) is 9.71. The van der Waals surface area contributed by atoms with Gasteiger partial charge in [0.05, 0.1) is 6.61 Å². The van der Waals surface area contributed by atoms with E-state index >= 15 is 0 Å². The van der Waals surface area contributed by atoms with Crippen LogP contribution < -0.4 is 10.1 Å². The molecule has 0 saturated carbocycles. The monoisotopic (exact) mass is 385 g/mol. The summed E-state index contributed by atoms with van der Waals surface area (Å²) in [7, 11) is -9.81. The third-order valence-corrected chi connectivity index (χ3v) is 5.99. The maximum atomic E-state index is 11.0. The fourth-order valence-corrected chi connectivity index (χ4v) is 3.90. The Bertz CT molecular complexity index is 500. The van der Waals surface area contributed by atoms with Gasteiger partial charge in [-0.3, -0.25) is 14.4 Å². The van der Waals surface area contributed by atoms with Crippen LogP contribution in [0.25, 0.3) is 0 Å². The number of unbranched alkanes of at least 4 members (excludes halogenated alkanes) is 1. The molecule has 5 N–H and O–H groups in total. The van der Waals surface area contributed by atoms with Crippen molar-refractivity contribution in [2.24, 2.45) is 0 Å². The molecule has 1 aromatic rings. The molecule has 0 aliphatic carbocycles. The minimum Gasteiger partial charge on any atom is -0.494 e. The van der Waals surface area contributed by atoms with Crippen LogP contribution in [0.5, 0.6) is 5.75 Å². The Morgan fingerprint density at radius 2 is 1.48 bits per heavy atom. The van der Waals surface area contributed by atoms with E-state index in [1.165, 1.54) is 0 Å². The van der Waals surface area contributed by atoms with Gasteiger partial charge in [0.25, 0.3) is 0 Å². The van der Waals surface area contributed by atoms with E-state index in [1.54, 1.807) is 12.1 Å². The number of para-hydroxylation sites is 1. The van der Waals surface area contributed by atoms with E-state index in [0.29, 0.717) is 25.2 Å². The summed E-state index contributed by atoms with van der Waals surface area (Å²) in [6.45, 7) is 0.473. The summed E-state index contributed by atoms with van der Waals surface area (Å²) in [5.41, 5.74) is -2.15. The average molecular weight is 385 g/mol. The molecule has 0 aromatic heterocycles. The van der Waals surface area contributed by atoms with Crippen LogP contribution in [0.1, 0.15) is 12.8 Å². The van der Waals surface area contributed by atoms with Crippen LogP contribution in [0, 0.1) is 0 Å². The largest absolute Gasteiger partial charge is 0.494 e. The van der Waals surface area contributed by atoms with Crippen molar-refractivity contribution in [1.29, 1.82) is 0 Å². The maximum Gasteiger partial charge on any atom is 0.354 e. The molecule has 0 saturated heterocycles. The van der Waals surface area contributed by atoms with Crippen LogP contribution in [-0.2, 0) is 9.13 Å². The molecule has 1 aromatic carbocycles. The summed E-state index contributed by atoms with van der Waals surface area (Å²) in [5.74, 6) is 0.716. The first-order valence-electron chi connectivity index (χ1n) is 6.23. The summed E-state index contributed by atoms with van der Waals surface area (Å²) in [6.07, 6.45) is 1.04. The second kappa shape index (κ2) is 12.6. The zero-order valence-electron chi connectivity index (χ0n) is 13.2. The molecule has 0 amide bonds. The topological polar surface area (TPSA) is 136 Å². The average Bonchev–Trinajstić information content (AvgIpc) is 2.35. The van der Waals surface area contributed by atoms with E-state index in [4.69, 9.17) is 24.3 Å². The Balaban J connectivity index is 0. The predicted octanol–water partition coefficient (Wildman–Crippen LogP) is 0.313. The Morgan fingerprint density at radius 3 is 1.96 bits per heavy atom. The second-order valence-electron chi connectivity index (χ2n) is 4.37. The molecule has 0 bridgehead atoms. The summed E-state index contributed by atoms with van der Waals surface area (Å²) in [4.78, 5) is 35.6. The van der Waals surface area contributed by atoms with Crippen LogP contribution in [-0.4, -0.2) is 97.4 Å². The van der Waals surface area contributed by atoms with Crippen LogP contribution in [0.4, 0.5) is 0 Å². The van der Waals surface area contributed by atoms with Gasteiger partial charge in [0.2, 0.25) is 5.52 Å². The first kappa shape index (κ1) is 26.5. The summed E-state index contributed by atoms with van der Waals surface area (Å²) < 4.78 is 27.4. The zero-order chi connectivity index (χ0) is 15.9. The zero-order valence-corrected chi connectivity index (χ0v) is 19.0. The van der Waals surface area contributed by atoms with Gasteiger partial charge in [-0.2, -0.15) is 0 Å². The standard InChI is InChI=1S/C11H19NO7P2.2Na/c13-20(14,15)11(21(16,17)18)12-8-4-5-9-19-10-6-2-1-3-7-10;;/h1-3,6-7,11-12H,4-5,8-9H2,(H2,13,14,15)(H2,16,17,18);;. The minimum atomic E-state index is -4.91. The van der Waals surface area contributed by atoms with Crippen molar-refractivity contribution >= 4 is 74.3 Å². The van der Waals surface area contributed by atoms with Gasteiger partial charge in [0.1, 0.15) is 5.75 Å². The molecular formula is C11H19NNa2O7P2. The molecule has 2 radical (unpaired) electrons. The van der Waals surface area contributed by atoms with Gasteiger partial charge in [0.15, 0.2) is 0 Å². The fourth-order valence-electron chi connectivity index (χ4n) is 1.60. The molecule has 8 nitrogen and oxygen atoms in total. The quantitative estimate of drug-likeness (QED) is 0.233. The normalized spacial score (nSPS) is 11.5. The smallest absolute Gasteiger partial charge is 0.354 e. The van der Waals surface area contributed by atoms with Crippen molar-refractivity contribution in [3.8, 4) is 5.75 Å². The van der Waals surface area contributed by atoms with Crippen molar-refractivity contribution in [3.63, 3.8) is 0 Å². The molecule has 1 rings (SSSR count). The van der Waals surface area contributed by atoms with Gasteiger partial charge in [-0.15, -0.1) is 0 Å². The van der Waals surface area contributed by atoms with E-state index in [9.17, 15) is 9.13 Å². The second-order valence-corrected chi connectivity index (χ2v) is 8.17. The molecule has 0 aliphatic heterocycles. The Kier molecular flexibility index (Phi) is 14.5. The predicted molar refractivity (Wildman–Crippen MR) is 88.6 cm³/mol. The van der Waals surface area contributed by atoms with Crippen LogP contribution in [0.3, 0.4) is 0 Å². The summed E-state index contributed by atoms with van der Waals surface area (Å²) in [5, 5.41) is 2.22. The van der Waals surface area contributed by atoms with Gasteiger partial charge < -0.3 is 24.3 Å². The van der Waals surface area contributed by atoms with E-state index in [-0.39, 0.29) is 65.7 Å². The van der Waals surface area contributed by atoms with Gasteiger partial charge in [-0.1, -0.05) is 18.2 Å². The number of rotatable bonds is 9. The minimum absolute atomic E-state index is 0. The molecule has 0 atom stereocenters. The molecule has 0 unspecified atom stereocenters. The number of hydrogen-bond acceptors (Lipinski definition) is 4. The number of ether oxygens (including phenoxy) is 1. The van der Waals surface area contributed by atoms with Crippen LogP contribution in [0.15, 0.2) is 30.3 Å². The number of hydrogen-bond donors (Lipinski definition) is 5. The molecule has 122 valence electrons. The van der Waals surface area contributed by atoms with Crippen molar-refractivity contribution in [3.05, 3.63) is 30.3 Å². The van der Waals surface area contributed by atoms with Crippen molar-refractivity contribution in [2.45, 2.75) is 18.4 Å². The van der Waals surface area contributed by atoms with Crippen LogP contribution in [0.2, 0.25) is 0 Å². The SMILES string of the molecule is O=P(O)(O)C(NCCCCOc1ccccc1)P(=O)(O)O.[Na].[Na]. The first-order valence-corrected chi connectivity index (χ1v) is 9.59. The van der Waals surface area contributed by atoms with E-state index in [2.05, 4.69) is 5.32 Å². The summed E-state index contributed by atoms with van der Waals surface area (Å²) >= 11 is 0. The molecule has 0 aliphatic rings. The summed E-state index contributed by atoms with van der Waals surface area (Å²) in [6, 6.07) is 9.13. The molecule has 0 fully saturated rings. The Labute approximate surface area is 179 Å². The molecule has 0 spiro atoms. The van der Waals surface area contributed by atoms with Crippen LogP contribution >= 0.6 is 15.2 Å². The van der Waals surface area contributed by atoms with E-state index in [1.807, 2.05) is 18.2 Å². The van der Waals surface area contributed by atoms with Gasteiger partial charge >= 0.3 is 15.2 Å². The number of nitrogens with one attached hydrogen (secondary N) is 1. The Hall–Kier alpha value is 1.28. The fraction of sp³-hybridized carbons (Fsp3) is 0.455. The third kappa shape index (κ3) is 11.5. The van der Waals surface area contributed by atoms with Crippen molar-refractivity contribution in [2.75, 3.05) is 13.2 Å². The molecule has 0 heterocycles. The van der Waals surface area contributed by atoms with E-state index < -0.39 is 20.7 Å². The van der Waals surface area contributed by atoms with E-state index in [0.717, 1.165) is 0 Å².